The summed E-state index contributed by atoms with van der Waals surface area (Å²) < 4.78 is 19.2. The third-order valence-electron chi connectivity index (χ3n) is 7.11. The normalized spacial score (nSPS) is 20.6. The fraction of sp³-hybridized carbons (Fsp3) is 0.194. The maximum atomic E-state index is 14.2. The van der Waals surface area contributed by atoms with Crippen LogP contribution < -0.4 is 11.1 Å². The van der Waals surface area contributed by atoms with Gasteiger partial charge < -0.3 is 20.4 Å². The van der Waals surface area contributed by atoms with Gasteiger partial charge in [-0.1, -0.05) is 42.5 Å². The fourth-order valence-corrected chi connectivity index (χ4v) is 6.41. The van der Waals surface area contributed by atoms with E-state index < -0.39 is 41.7 Å². The summed E-state index contributed by atoms with van der Waals surface area (Å²) in [4.78, 5) is 43.3. The van der Waals surface area contributed by atoms with Gasteiger partial charge in [0, 0.05) is 16.5 Å². The summed E-state index contributed by atoms with van der Waals surface area (Å²) in [5.41, 5.74) is 8.07. The van der Waals surface area contributed by atoms with Gasteiger partial charge in [-0.25, -0.2) is 9.18 Å². The highest BCUT2D eigenvalue weighted by Crippen LogP contribution is 2.47. The van der Waals surface area contributed by atoms with Gasteiger partial charge in [-0.3, -0.25) is 9.59 Å². The number of halogens is 1. The molecular formula is C31H28FN3O4S. The van der Waals surface area contributed by atoms with Crippen LogP contribution in [0.2, 0.25) is 0 Å². The van der Waals surface area contributed by atoms with Gasteiger partial charge in [0.05, 0.1) is 12.0 Å². The Balaban J connectivity index is 1.66. The monoisotopic (exact) mass is 557 g/mol. The summed E-state index contributed by atoms with van der Waals surface area (Å²) in [5, 5.41) is 4.64. The van der Waals surface area contributed by atoms with Crippen molar-refractivity contribution in [2.75, 3.05) is 5.32 Å². The minimum absolute atomic E-state index is 0.142. The Bertz CT molecular complexity index is 1560. The van der Waals surface area contributed by atoms with Crippen LogP contribution in [0.15, 0.2) is 88.7 Å². The number of likely N-dealkylation sites (tertiary alicyclic amines) is 1. The lowest BCUT2D eigenvalue weighted by atomic mass is 9.80. The van der Waals surface area contributed by atoms with Crippen LogP contribution in [-0.2, 0) is 4.79 Å². The van der Waals surface area contributed by atoms with Crippen LogP contribution in [0.3, 0.4) is 0 Å². The fourth-order valence-electron chi connectivity index (χ4n) is 5.31. The zero-order valence-corrected chi connectivity index (χ0v) is 22.7. The molecule has 1 saturated heterocycles. The Morgan fingerprint density at radius 3 is 2.33 bits per heavy atom. The number of aryl methyl sites for hydroxylation is 2. The van der Waals surface area contributed by atoms with Crippen LogP contribution in [0.25, 0.3) is 6.08 Å². The number of primary amides is 1. The molecule has 4 aromatic rings. The maximum absolute atomic E-state index is 14.2. The highest BCUT2D eigenvalue weighted by Gasteiger charge is 2.57. The molecule has 2 aromatic heterocycles. The van der Waals surface area contributed by atoms with E-state index in [1.54, 1.807) is 25.1 Å². The van der Waals surface area contributed by atoms with Gasteiger partial charge in [-0.05, 0) is 72.8 Å². The minimum atomic E-state index is -1.15. The van der Waals surface area contributed by atoms with Gasteiger partial charge in [-0.15, -0.1) is 11.3 Å². The molecule has 4 unspecified atom stereocenters. The van der Waals surface area contributed by atoms with Gasteiger partial charge in [0.15, 0.2) is 5.76 Å². The number of furan rings is 1. The van der Waals surface area contributed by atoms with Gasteiger partial charge >= 0.3 is 6.03 Å². The Hall–Kier alpha value is -4.50. The molecule has 204 valence electrons. The van der Waals surface area contributed by atoms with E-state index in [0.717, 1.165) is 16.0 Å². The first kappa shape index (κ1) is 27.1. The number of ketones is 1. The highest BCUT2D eigenvalue weighted by molar-refractivity contribution is 7.10. The molecule has 5 rings (SSSR count). The molecule has 3 heterocycles. The molecule has 1 aliphatic rings. The number of nitrogens with zero attached hydrogens (tertiary/aromatic N) is 1. The van der Waals surface area contributed by atoms with Crippen molar-refractivity contribution in [1.82, 2.24) is 4.90 Å². The van der Waals surface area contributed by atoms with Crippen molar-refractivity contribution in [1.29, 1.82) is 0 Å². The van der Waals surface area contributed by atoms with Crippen LogP contribution in [0.5, 0.6) is 0 Å². The van der Waals surface area contributed by atoms with Crippen LogP contribution in [-0.4, -0.2) is 34.7 Å². The van der Waals surface area contributed by atoms with Crippen LogP contribution in [0.4, 0.5) is 14.9 Å². The first-order chi connectivity index (χ1) is 19.2. The topological polar surface area (TPSA) is 106 Å². The smallest absolute Gasteiger partial charge is 0.323 e. The summed E-state index contributed by atoms with van der Waals surface area (Å²) >= 11 is 1.41. The number of amides is 3. The number of nitrogens with one attached hydrogen (secondary N) is 1. The molecule has 0 aliphatic carbocycles. The van der Waals surface area contributed by atoms with E-state index in [1.165, 1.54) is 40.5 Å². The molecule has 0 radical (unpaired) electrons. The maximum Gasteiger partial charge on any atom is 0.323 e. The number of Topliss-reactive ketones (excluding diaryl/α,β-unsaturated/α-hetero) is 1. The Kier molecular flexibility index (Phi) is 7.66. The van der Waals surface area contributed by atoms with Crippen molar-refractivity contribution in [3.05, 3.63) is 118 Å². The average Bonchev–Trinajstić information content (AvgIpc) is 3.65. The van der Waals surface area contributed by atoms with Crippen molar-refractivity contribution < 1.29 is 23.2 Å². The molecule has 9 heteroatoms. The third-order valence-corrected chi connectivity index (χ3v) is 8.23. The second kappa shape index (κ2) is 11.3. The number of hydrogen-bond acceptors (Lipinski definition) is 5. The summed E-state index contributed by atoms with van der Waals surface area (Å²) in [6.45, 7) is 3.65. The number of carbonyl (C=O) groups is 3. The number of nitrogens with two attached hydrogens (primary N) is 1. The van der Waals surface area contributed by atoms with Gasteiger partial charge in [0.25, 0.3) is 0 Å². The first-order valence-electron chi connectivity index (χ1n) is 12.8. The minimum Gasteiger partial charge on any atom is -0.458 e. The Morgan fingerprint density at radius 2 is 1.73 bits per heavy atom. The number of thiophene rings is 1. The van der Waals surface area contributed by atoms with Crippen LogP contribution in [0.1, 0.15) is 38.2 Å². The van der Waals surface area contributed by atoms with E-state index >= 15 is 0 Å². The number of hydrogen-bond donors (Lipinski definition) is 2. The van der Waals surface area contributed by atoms with Crippen LogP contribution in [0, 0.1) is 25.6 Å². The molecule has 4 atom stereocenters. The second-order valence-electron chi connectivity index (χ2n) is 9.75. The van der Waals surface area contributed by atoms with E-state index in [2.05, 4.69) is 5.32 Å². The summed E-state index contributed by atoms with van der Waals surface area (Å²) in [6, 6.07) is 17.3. The molecule has 1 aliphatic heterocycles. The summed E-state index contributed by atoms with van der Waals surface area (Å²) in [5.74, 6) is -2.42. The lowest BCUT2D eigenvalue weighted by molar-refractivity contribution is -0.122. The average molecular weight is 558 g/mol. The predicted octanol–water partition coefficient (Wildman–Crippen LogP) is 6.16. The largest absolute Gasteiger partial charge is 0.458 e. The lowest BCUT2D eigenvalue weighted by Crippen LogP contribution is -2.50. The van der Waals surface area contributed by atoms with E-state index in [-0.39, 0.29) is 11.5 Å². The Labute approximate surface area is 235 Å². The first-order valence-corrected chi connectivity index (χ1v) is 13.6. The Morgan fingerprint density at radius 1 is 1.00 bits per heavy atom. The molecule has 2 aromatic carbocycles. The molecular weight excluding hydrogens is 529 g/mol. The second-order valence-corrected chi connectivity index (χ2v) is 10.7. The molecule has 1 fully saturated rings. The lowest BCUT2D eigenvalue weighted by Gasteiger charge is -2.29. The molecule has 0 saturated carbocycles. The van der Waals surface area contributed by atoms with Crippen molar-refractivity contribution in [3.8, 4) is 0 Å². The molecule has 0 spiro atoms. The van der Waals surface area contributed by atoms with E-state index in [1.807, 2.05) is 54.8 Å². The van der Waals surface area contributed by atoms with Crippen molar-refractivity contribution >= 4 is 40.8 Å². The van der Waals surface area contributed by atoms with Crippen molar-refractivity contribution in [2.24, 2.45) is 11.7 Å². The van der Waals surface area contributed by atoms with Gasteiger partial charge in [0.1, 0.15) is 17.6 Å². The van der Waals surface area contributed by atoms with Crippen molar-refractivity contribution in [3.63, 3.8) is 0 Å². The van der Waals surface area contributed by atoms with E-state index in [0.29, 0.717) is 11.4 Å². The molecule has 3 N–H and O–H groups in total. The number of anilines is 1. The van der Waals surface area contributed by atoms with E-state index in [9.17, 15) is 18.8 Å². The number of carbonyl (C=O) groups excluding carboxylic acids is 3. The summed E-state index contributed by atoms with van der Waals surface area (Å²) in [6.07, 6.45) is 3.58. The predicted molar refractivity (Wildman–Crippen MR) is 153 cm³/mol. The third kappa shape index (κ3) is 5.33. The highest BCUT2D eigenvalue weighted by atomic mass is 32.1. The zero-order chi connectivity index (χ0) is 28.4. The number of benzene rings is 2. The molecule has 40 heavy (non-hydrogen) atoms. The number of rotatable bonds is 7. The van der Waals surface area contributed by atoms with E-state index in [4.69, 9.17) is 10.2 Å². The van der Waals surface area contributed by atoms with Gasteiger partial charge in [0.2, 0.25) is 11.7 Å². The van der Waals surface area contributed by atoms with Crippen LogP contribution >= 0.6 is 11.3 Å². The van der Waals surface area contributed by atoms with Crippen molar-refractivity contribution in [2.45, 2.75) is 31.8 Å². The standard InChI is InChI=1S/C31H28FN3O4S/c1-18-16-17-40-29(18)26-25(28(36)24-15-8-19(2)39-24)23(14-9-20-6-4-3-5-7-20)35(27(26)30(33)37)31(38)34-22-12-10-21(32)11-13-22/h3-17,23,25-27H,1-2H3,(H2,33,37)(H,34,38). The van der Waals surface area contributed by atoms with Gasteiger partial charge in [-0.2, -0.15) is 0 Å². The molecule has 3 amide bonds. The molecule has 7 nitrogen and oxygen atoms in total. The number of urea groups is 1. The summed E-state index contributed by atoms with van der Waals surface area (Å²) in [7, 11) is 0. The quantitative estimate of drug-likeness (QED) is 0.265. The molecule has 0 bridgehead atoms. The zero-order valence-electron chi connectivity index (χ0n) is 21.9. The SMILES string of the molecule is Cc1ccc(C(=O)C2C(c3sccc3C)C(C(N)=O)N(C(=O)Nc3ccc(F)cc3)C2C=Cc2ccccc2)o1.